The summed E-state index contributed by atoms with van der Waals surface area (Å²) in [5.74, 6) is 1.66. The Kier molecular flexibility index (Phi) is 4.81. The molecule has 2 unspecified atom stereocenters. The van der Waals surface area contributed by atoms with Gasteiger partial charge in [0.05, 0.1) is 6.04 Å². The van der Waals surface area contributed by atoms with Crippen molar-refractivity contribution >= 4 is 15.9 Å². The molecule has 3 heteroatoms. The van der Waals surface area contributed by atoms with Gasteiger partial charge in [0.1, 0.15) is 5.76 Å². The Balaban J connectivity index is 1.81. The molecule has 2 aromatic rings. The molecule has 112 valence electrons. The van der Waals surface area contributed by atoms with Crippen LogP contribution in [-0.4, -0.2) is 6.54 Å². The van der Waals surface area contributed by atoms with Crippen LogP contribution in [0.25, 0.3) is 0 Å². The van der Waals surface area contributed by atoms with Gasteiger partial charge in [-0.2, -0.15) is 0 Å². The van der Waals surface area contributed by atoms with Crippen molar-refractivity contribution in [2.24, 2.45) is 5.92 Å². The van der Waals surface area contributed by atoms with Crippen LogP contribution in [0.4, 0.5) is 0 Å². The van der Waals surface area contributed by atoms with E-state index in [1.165, 1.54) is 24.0 Å². The van der Waals surface area contributed by atoms with Gasteiger partial charge in [0.15, 0.2) is 4.67 Å². The van der Waals surface area contributed by atoms with Gasteiger partial charge in [0.2, 0.25) is 0 Å². The van der Waals surface area contributed by atoms with Gasteiger partial charge in [0.25, 0.3) is 0 Å². The largest absolute Gasteiger partial charge is 0.453 e. The zero-order valence-electron chi connectivity index (χ0n) is 12.4. The molecule has 3 rings (SSSR count). The molecule has 0 saturated carbocycles. The van der Waals surface area contributed by atoms with Gasteiger partial charge in [0, 0.05) is 0 Å². The number of furan rings is 1. The minimum atomic E-state index is 0.310. The lowest BCUT2D eigenvalue weighted by Gasteiger charge is -2.31. The molecule has 21 heavy (non-hydrogen) atoms. The highest BCUT2D eigenvalue weighted by Crippen LogP contribution is 2.35. The third-order valence-corrected chi connectivity index (χ3v) is 4.80. The minimum absolute atomic E-state index is 0.310. The highest BCUT2D eigenvalue weighted by molar-refractivity contribution is 9.10. The third-order valence-electron chi connectivity index (χ3n) is 4.37. The zero-order valence-corrected chi connectivity index (χ0v) is 14.0. The molecule has 1 aromatic heterocycles. The number of benzene rings is 1. The summed E-state index contributed by atoms with van der Waals surface area (Å²) in [4.78, 5) is 0. The Hall–Kier alpha value is -1.06. The van der Waals surface area contributed by atoms with Crippen LogP contribution in [0.2, 0.25) is 0 Å². The Morgan fingerprint density at radius 2 is 2.05 bits per heavy atom. The van der Waals surface area contributed by atoms with Crippen molar-refractivity contribution in [3.05, 3.63) is 58.0 Å². The molecule has 0 fully saturated rings. The quantitative estimate of drug-likeness (QED) is 0.832. The van der Waals surface area contributed by atoms with Crippen LogP contribution in [0.5, 0.6) is 0 Å². The minimum Gasteiger partial charge on any atom is -0.453 e. The smallest absolute Gasteiger partial charge is 0.169 e. The fourth-order valence-corrected chi connectivity index (χ4v) is 3.62. The molecular formula is C18H22BrNO. The van der Waals surface area contributed by atoms with Crippen LogP contribution >= 0.6 is 15.9 Å². The third kappa shape index (κ3) is 3.41. The van der Waals surface area contributed by atoms with Gasteiger partial charge in [-0.1, -0.05) is 31.2 Å². The predicted octanol–water partition coefficient (Wildman–Crippen LogP) is 4.89. The molecule has 0 saturated heterocycles. The van der Waals surface area contributed by atoms with Gasteiger partial charge in [-0.3, -0.25) is 0 Å². The second-order valence-electron chi connectivity index (χ2n) is 5.85. The van der Waals surface area contributed by atoms with E-state index in [1.54, 1.807) is 0 Å². The second kappa shape index (κ2) is 6.80. The van der Waals surface area contributed by atoms with E-state index in [2.05, 4.69) is 58.5 Å². The number of fused-ring (bicyclic) bond motifs is 1. The Morgan fingerprint density at radius 1 is 1.24 bits per heavy atom. The number of hydrogen-bond donors (Lipinski definition) is 1. The first-order valence-corrected chi connectivity index (χ1v) is 8.62. The molecule has 1 aliphatic rings. The molecule has 0 aliphatic heterocycles. The molecule has 1 N–H and O–H groups in total. The van der Waals surface area contributed by atoms with Crippen LogP contribution in [0.3, 0.4) is 0 Å². The van der Waals surface area contributed by atoms with Crippen molar-refractivity contribution in [1.82, 2.24) is 5.32 Å². The van der Waals surface area contributed by atoms with Crippen molar-refractivity contribution in [3.8, 4) is 0 Å². The van der Waals surface area contributed by atoms with Gasteiger partial charge >= 0.3 is 0 Å². The summed E-state index contributed by atoms with van der Waals surface area (Å²) in [7, 11) is 0. The predicted molar refractivity (Wildman–Crippen MR) is 89.4 cm³/mol. The van der Waals surface area contributed by atoms with Crippen LogP contribution in [0.15, 0.2) is 45.5 Å². The summed E-state index contributed by atoms with van der Waals surface area (Å²) < 4.78 is 6.65. The van der Waals surface area contributed by atoms with E-state index in [0.717, 1.165) is 29.8 Å². The van der Waals surface area contributed by atoms with E-state index in [4.69, 9.17) is 4.42 Å². The molecule has 0 bridgehead atoms. The molecule has 1 heterocycles. The van der Waals surface area contributed by atoms with E-state index >= 15 is 0 Å². The summed E-state index contributed by atoms with van der Waals surface area (Å²) in [6.07, 6.45) is 4.67. The van der Waals surface area contributed by atoms with Crippen molar-refractivity contribution in [2.45, 2.75) is 38.6 Å². The van der Waals surface area contributed by atoms with Crippen LogP contribution in [0.1, 0.15) is 42.7 Å². The second-order valence-corrected chi connectivity index (χ2v) is 6.63. The summed E-state index contributed by atoms with van der Waals surface area (Å²) in [6, 6.07) is 13.2. The Labute approximate surface area is 135 Å². The van der Waals surface area contributed by atoms with Crippen LogP contribution in [-0.2, 0) is 12.8 Å². The van der Waals surface area contributed by atoms with Crippen LogP contribution < -0.4 is 5.32 Å². The summed E-state index contributed by atoms with van der Waals surface area (Å²) in [5, 5.41) is 3.68. The number of rotatable bonds is 5. The standard InChI is InChI=1S/C18H22BrNO/c1-2-11-20-18(16-9-10-17(19)21-16)15-8-7-13-5-3-4-6-14(13)12-15/h3-6,9-10,15,18,20H,2,7-8,11-12H2,1H3. The average Bonchev–Trinajstić information content (AvgIpc) is 2.94. The monoisotopic (exact) mass is 347 g/mol. The first-order valence-electron chi connectivity index (χ1n) is 7.83. The van der Waals surface area contributed by atoms with Crippen molar-refractivity contribution in [3.63, 3.8) is 0 Å². The molecule has 2 atom stereocenters. The van der Waals surface area contributed by atoms with Gasteiger partial charge in [-0.15, -0.1) is 0 Å². The number of hydrogen-bond acceptors (Lipinski definition) is 2. The van der Waals surface area contributed by atoms with Crippen molar-refractivity contribution in [2.75, 3.05) is 6.54 Å². The highest BCUT2D eigenvalue weighted by Gasteiger charge is 2.28. The summed E-state index contributed by atoms with van der Waals surface area (Å²) in [5.41, 5.74) is 3.02. The lowest BCUT2D eigenvalue weighted by molar-refractivity contribution is 0.281. The van der Waals surface area contributed by atoms with Crippen molar-refractivity contribution < 1.29 is 4.42 Å². The maximum Gasteiger partial charge on any atom is 0.169 e. The Morgan fingerprint density at radius 3 is 2.76 bits per heavy atom. The van der Waals surface area contributed by atoms with E-state index < -0.39 is 0 Å². The zero-order chi connectivity index (χ0) is 14.7. The molecule has 0 radical (unpaired) electrons. The SMILES string of the molecule is CCCNC(c1ccc(Br)o1)C1CCc2ccccc2C1. The maximum absolute atomic E-state index is 5.84. The normalized spacial score (nSPS) is 19.2. The number of aryl methyl sites for hydroxylation is 1. The molecule has 0 amide bonds. The van der Waals surface area contributed by atoms with E-state index in [1.807, 2.05) is 6.07 Å². The van der Waals surface area contributed by atoms with Crippen LogP contribution in [0, 0.1) is 5.92 Å². The average molecular weight is 348 g/mol. The fourth-order valence-electron chi connectivity index (χ4n) is 3.31. The fraction of sp³-hybridized carbons (Fsp3) is 0.444. The maximum atomic E-state index is 5.84. The molecular weight excluding hydrogens is 326 g/mol. The van der Waals surface area contributed by atoms with E-state index in [9.17, 15) is 0 Å². The molecule has 1 aromatic carbocycles. The van der Waals surface area contributed by atoms with E-state index in [-0.39, 0.29) is 0 Å². The first-order chi connectivity index (χ1) is 10.3. The highest BCUT2D eigenvalue weighted by atomic mass is 79.9. The lowest BCUT2D eigenvalue weighted by atomic mass is 9.79. The molecule has 0 spiro atoms. The molecule has 2 nitrogen and oxygen atoms in total. The topological polar surface area (TPSA) is 25.2 Å². The number of halogens is 1. The van der Waals surface area contributed by atoms with Crippen molar-refractivity contribution in [1.29, 1.82) is 0 Å². The first kappa shape index (κ1) is 14.9. The van der Waals surface area contributed by atoms with Gasteiger partial charge < -0.3 is 9.73 Å². The van der Waals surface area contributed by atoms with Gasteiger partial charge in [-0.05, 0) is 77.3 Å². The number of nitrogens with one attached hydrogen (secondary N) is 1. The van der Waals surface area contributed by atoms with Gasteiger partial charge in [-0.25, -0.2) is 0 Å². The van der Waals surface area contributed by atoms with E-state index in [0.29, 0.717) is 12.0 Å². The summed E-state index contributed by atoms with van der Waals surface area (Å²) in [6.45, 7) is 3.24. The Bertz CT molecular complexity index is 592. The summed E-state index contributed by atoms with van der Waals surface area (Å²) >= 11 is 3.42. The lowest BCUT2D eigenvalue weighted by Crippen LogP contribution is -2.32. The molecule has 1 aliphatic carbocycles.